The molecule has 0 fully saturated rings. The highest BCUT2D eigenvalue weighted by Crippen LogP contribution is 2.20. The molecule has 0 saturated heterocycles. The van der Waals surface area contributed by atoms with Gasteiger partial charge in [-0.15, -0.1) is 11.6 Å². The molecule has 0 aliphatic rings. The van der Waals surface area contributed by atoms with Crippen molar-refractivity contribution in [2.45, 2.75) is 0 Å². The van der Waals surface area contributed by atoms with E-state index in [2.05, 4.69) is 26.6 Å². The quantitative estimate of drug-likeness (QED) is 0.781. The molecule has 2 aromatic rings. The van der Waals surface area contributed by atoms with Crippen molar-refractivity contribution in [2.75, 3.05) is 16.5 Å². The van der Waals surface area contributed by atoms with E-state index >= 15 is 0 Å². The molecule has 0 unspecified atom stereocenters. The predicted molar refractivity (Wildman–Crippen MR) is 87.8 cm³/mol. The molecule has 4 nitrogen and oxygen atoms in total. The van der Waals surface area contributed by atoms with Crippen molar-refractivity contribution in [3.05, 3.63) is 58.3 Å². The summed E-state index contributed by atoms with van der Waals surface area (Å²) in [6, 6.07) is 10.6. The van der Waals surface area contributed by atoms with Crippen LogP contribution in [0, 0.1) is 5.82 Å². The Bertz CT molecular complexity index is 724. The molecule has 7 heteroatoms. The van der Waals surface area contributed by atoms with Gasteiger partial charge >= 0.3 is 0 Å². The summed E-state index contributed by atoms with van der Waals surface area (Å²) in [5.74, 6) is -1.59. The minimum absolute atomic E-state index is 0.0726. The molecule has 0 aliphatic heterocycles. The number of alkyl halides is 1. The third kappa shape index (κ3) is 4.29. The van der Waals surface area contributed by atoms with Gasteiger partial charge in [-0.2, -0.15) is 0 Å². The van der Waals surface area contributed by atoms with Crippen LogP contribution in [0.25, 0.3) is 0 Å². The Morgan fingerprint density at radius 3 is 2.59 bits per heavy atom. The second-order valence-electron chi connectivity index (χ2n) is 4.34. The smallest absolute Gasteiger partial charge is 0.255 e. The van der Waals surface area contributed by atoms with Crippen molar-refractivity contribution >= 4 is 50.7 Å². The summed E-state index contributed by atoms with van der Waals surface area (Å²) in [4.78, 5) is 23.4. The molecule has 2 amide bonds. The number of nitrogens with one attached hydrogen (secondary N) is 2. The van der Waals surface area contributed by atoms with Crippen LogP contribution in [0.2, 0.25) is 0 Å². The van der Waals surface area contributed by atoms with Crippen molar-refractivity contribution in [3.8, 4) is 0 Å². The normalized spacial score (nSPS) is 10.1. The average molecular weight is 386 g/mol. The maximum Gasteiger partial charge on any atom is 0.255 e. The van der Waals surface area contributed by atoms with Gasteiger partial charge in [0, 0.05) is 15.7 Å². The molecule has 0 aromatic heterocycles. The fraction of sp³-hybridized carbons (Fsp3) is 0.0667. The summed E-state index contributed by atoms with van der Waals surface area (Å²) in [6.07, 6.45) is 0. The van der Waals surface area contributed by atoms with Gasteiger partial charge in [0.2, 0.25) is 5.91 Å². The van der Waals surface area contributed by atoms with E-state index < -0.39 is 11.7 Å². The van der Waals surface area contributed by atoms with Crippen LogP contribution in [0.5, 0.6) is 0 Å². The third-order valence-electron chi connectivity index (χ3n) is 2.71. The number of carbonyl (C=O) groups excluding carboxylic acids is 2. The fourth-order valence-corrected chi connectivity index (χ4v) is 2.12. The summed E-state index contributed by atoms with van der Waals surface area (Å²) < 4.78 is 14.3. The molecule has 0 saturated carbocycles. The van der Waals surface area contributed by atoms with Crippen molar-refractivity contribution < 1.29 is 14.0 Å². The third-order valence-corrected chi connectivity index (χ3v) is 3.45. The highest BCUT2D eigenvalue weighted by molar-refractivity contribution is 9.10. The largest absolute Gasteiger partial charge is 0.325 e. The van der Waals surface area contributed by atoms with E-state index in [0.717, 1.165) is 0 Å². The molecule has 0 radical (unpaired) electrons. The first kappa shape index (κ1) is 16.5. The molecule has 22 heavy (non-hydrogen) atoms. The molecule has 2 rings (SSSR count). The number of amides is 2. The van der Waals surface area contributed by atoms with Crippen LogP contribution in [-0.4, -0.2) is 17.7 Å². The molecule has 114 valence electrons. The summed E-state index contributed by atoms with van der Waals surface area (Å²) in [5.41, 5.74) is 0.799. The van der Waals surface area contributed by atoms with Gasteiger partial charge in [0.05, 0.1) is 5.69 Å². The van der Waals surface area contributed by atoms with E-state index in [0.29, 0.717) is 10.2 Å². The lowest BCUT2D eigenvalue weighted by Crippen LogP contribution is -2.15. The van der Waals surface area contributed by atoms with Gasteiger partial charge in [-0.3, -0.25) is 9.59 Å². The Kier molecular flexibility index (Phi) is 5.51. The van der Waals surface area contributed by atoms with Gasteiger partial charge in [0.15, 0.2) is 0 Å². The zero-order valence-corrected chi connectivity index (χ0v) is 13.5. The molecule has 2 N–H and O–H groups in total. The predicted octanol–water partition coefficient (Wildman–Crippen LogP) is 4.02. The second-order valence-corrected chi connectivity index (χ2v) is 5.52. The number of carbonyl (C=O) groups is 2. The molecular formula is C15H11BrClFN2O2. The van der Waals surface area contributed by atoms with Crippen molar-refractivity contribution in [2.24, 2.45) is 0 Å². The van der Waals surface area contributed by atoms with Crippen molar-refractivity contribution in [1.82, 2.24) is 0 Å². The van der Waals surface area contributed by atoms with Crippen LogP contribution in [0.4, 0.5) is 15.8 Å². The first-order chi connectivity index (χ1) is 10.5. The number of rotatable bonds is 4. The van der Waals surface area contributed by atoms with Crippen LogP contribution in [-0.2, 0) is 4.79 Å². The topological polar surface area (TPSA) is 58.2 Å². The minimum atomic E-state index is -0.547. The van der Waals surface area contributed by atoms with Crippen molar-refractivity contribution in [1.29, 1.82) is 0 Å². The minimum Gasteiger partial charge on any atom is -0.325 e. The fourth-order valence-electron chi connectivity index (χ4n) is 1.72. The van der Waals surface area contributed by atoms with Crippen molar-refractivity contribution in [3.63, 3.8) is 0 Å². The molecule has 0 bridgehead atoms. The average Bonchev–Trinajstić information content (AvgIpc) is 2.50. The Morgan fingerprint density at radius 1 is 1.14 bits per heavy atom. The molecule has 0 heterocycles. The molecule has 0 atom stereocenters. The van der Waals surface area contributed by atoms with E-state index in [1.807, 2.05) is 0 Å². The molecule has 0 aliphatic carbocycles. The molecule has 0 spiro atoms. The van der Waals surface area contributed by atoms with E-state index in [1.54, 1.807) is 24.3 Å². The number of benzene rings is 2. The van der Waals surface area contributed by atoms with Gasteiger partial charge in [-0.25, -0.2) is 4.39 Å². The Morgan fingerprint density at radius 2 is 1.91 bits per heavy atom. The highest BCUT2D eigenvalue weighted by Gasteiger charge is 2.11. The van der Waals surface area contributed by atoms with Gasteiger partial charge in [-0.05, 0) is 36.4 Å². The SMILES string of the molecule is O=C(CCl)Nc1cccc(C(=O)Nc2ccc(Br)cc2F)c1. The Labute approximate surface area is 139 Å². The van der Waals surface area contributed by atoms with Crippen LogP contribution in [0.3, 0.4) is 0 Å². The number of hydrogen-bond donors (Lipinski definition) is 2. The van der Waals surface area contributed by atoms with Crippen LogP contribution >= 0.6 is 27.5 Å². The summed E-state index contributed by atoms with van der Waals surface area (Å²) >= 11 is 8.55. The zero-order chi connectivity index (χ0) is 16.1. The standard InChI is InChI=1S/C15H11BrClFN2O2/c16-10-4-5-13(12(18)7-10)20-15(22)9-2-1-3-11(6-9)19-14(21)8-17/h1-7H,8H2,(H,19,21)(H,20,22). The lowest BCUT2D eigenvalue weighted by molar-refractivity contribution is -0.113. The lowest BCUT2D eigenvalue weighted by atomic mass is 10.2. The van der Waals surface area contributed by atoms with E-state index in [9.17, 15) is 14.0 Å². The van der Waals surface area contributed by atoms with Crippen LogP contribution in [0.1, 0.15) is 10.4 Å². The summed E-state index contributed by atoms with van der Waals surface area (Å²) in [7, 11) is 0. The second kappa shape index (κ2) is 7.38. The monoisotopic (exact) mass is 384 g/mol. The number of anilines is 2. The molecule has 2 aromatic carbocycles. The zero-order valence-electron chi connectivity index (χ0n) is 11.2. The number of halogens is 3. The first-order valence-corrected chi connectivity index (χ1v) is 7.54. The van der Waals surface area contributed by atoms with Crippen LogP contribution < -0.4 is 10.6 Å². The van der Waals surface area contributed by atoms with Gasteiger partial charge in [0.1, 0.15) is 11.7 Å². The van der Waals surface area contributed by atoms with Crippen LogP contribution in [0.15, 0.2) is 46.9 Å². The lowest BCUT2D eigenvalue weighted by Gasteiger charge is -2.08. The number of hydrogen-bond acceptors (Lipinski definition) is 2. The maximum absolute atomic E-state index is 13.7. The highest BCUT2D eigenvalue weighted by atomic mass is 79.9. The maximum atomic E-state index is 13.7. The first-order valence-electron chi connectivity index (χ1n) is 6.22. The Hall–Kier alpha value is -1.92. The van der Waals surface area contributed by atoms with Gasteiger partial charge in [0.25, 0.3) is 5.91 Å². The van der Waals surface area contributed by atoms with E-state index in [1.165, 1.54) is 18.2 Å². The summed E-state index contributed by atoms with van der Waals surface area (Å²) in [6.45, 7) is 0. The van der Waals surface area contributed by atoms with Gasteiger partial charge < -0.3 is 10.6 Å². The molecular weight excluding hydrogens is 375 g/mol. The van der Waals surface area contributed by atoms with E-state index in [4.69, 9.17) is 11.6 Å². The van der Waals surface area contributed by atoms with E-state index in [-0.39, 0.29) is 23.0 Å². The van der Waals surface area contributed by atoms with Gasteiger partial charge in [-0.1, -0.05) is 22.0 Å². The Balaban J connectivity index is 2.15. The summed E-state index contributed by atoms with van der Waals surface area (Å²) in [5, 5.41) is 5.01.